The molecule has 0 amide bonds. The van der Waals surface area contributed by atoms with Crippen LogP contribution in [0.2, 0.25) is 0 Å². The van der Waals surface area contributed by atoms with Crippen LogP contribution in [0.25, 0.3) is 0 Å². The molecule has 0 saturated heterocycles. The van der Waals surface area contributed by atoms with Crippen LogP contribution >= 0.6 is 0 Å². The molecule has 0 aliphatic heterocycles. The summed E-state index contributed by atoms with van der Waals surface area (Å²) in [7, 11) is 0. The van der Waals surface area contributed by atoms with E-state index in [2.05, 4.69) is 31.9 Å². The first-order valence-electron chi connectivity index (χ1n) is 4.85. The van der Waals surface area contributed by atoms with E-state index in [4.69, 9.17) is 11.2 Å². The number of terminal acetylenes is 1. The van der Waals surface area contributed by atoms with Gasteiger partial charge in [-0.3, -0.25) is 0 Å². The predicted octanol–water partition coefficient (Wildman–Crippen LogP) is 3.03. The lowest BCUT2D eigenvalue weighted by atomic mass is 9.99. The Kier molecular flexibility index (Phi) is 4.22. The highest BCUT2D eigenvalue weighted by Gasteiger charge is 2.15. The van der Waals surface area contributed by atoms with E-state index in [9.17, 15) is 0 Å². The maximum atomic E-state index is 5.60. The highest BCUT2D eigenvalue weighted by molar-refractivity contribution is 5.18. The van der Waals surface area contributed by atoms with Crippen molar-refractivity contribution in [2.24, 2.45) is 5.92 Å². The van der Waals surface area contributed by atoms with Crippen LogP contribution in [0.5, 0.6) is 0 Å². The minimum atomic E-state index is 0.104. The molecular weight excluding hydrogens is 172 g/mol. The van der Waals surface area contributed by atoms with Crippen LogP contribution in [0.1, 0.15) is 25.5 Å². The summed E-state index contributed by atoms with van der Waals surface area (Å²) in [5, 5.41) is 0. The van der Waals surface area contributed by atoms with E-state index in [-0.39, 0.29) is 6.10 Å². The smallest absolute Gasteiger partial charge is 0.108 e. The Labute approximate surface area is 86.1 Å². The lowest BCUT2D eigenvalue weighted by molar-refractivity contribution is 0.0427. The van der Waals surface area contributed by atoms with Gasteiger partial charge in [-0.2, -0.15) is 0 Å². The maximum Gasteiger partial charge on any atom is 0.108 e. The Balaban J connectivity index is 2.74. The van der Waals surface area contributed by atoms with Crippen LogP contribution in [0, 0.1) is 18.3 Å². The third-order valence-corrected chi connectivity index (χ3v) is 2.08. The quantitative estimate of drug-likeness (QED) is 0.660. The second-order valence-corrected chi connectivity index (χ2v) is 3.59. The Morgan fingerprint density at radius 1 is 1.29 bits per heavy atom. The molecule has 1 aromatic rings. The third-order valence-electron chi connectivity index (χ3n) is 2.08. The first-order valence-corrected chi connectivity index (χ1v) is 4.85. The fourth-order valence-corrected chi connectivity index (χ4v) is 1.45. The molecule has 0 bridgehead atoms. The van der Waals surface area contributed by atoms with Crippen LogP contribution < -0.4 is 0 Å². The van der Waals surface area contributed by atoms with E-state index in [0.717, 1.165) is 0 Å². The number of benzene rings is 1. The van der Waals surface area contributed by atoms with Gasteiger partial charge in [0.05, 0.1) is 6.10 Å². The Bertz CT molecular complexity index is 295. The van der Waals surface area contributed by atoms with Gasteiger partial charge in [0.25, 0.3) is 0 Å². The Morgan fingerprint density at radius 2 is 1.93 bits per heavy atom. The van der Waals surface area contributed by atoms with Gasteiger partial charge in [-0.15, -0.1) is 6.42 Å². The Morgan fingerprint density at radius 3 is 2.43 bits per heavy atom. The van der Waals surface area contributed by atoms with E-state index in [1.54, 1.807) is 0 Å². The van der Waals surface area contributed by atoms with Crippen LogP contribution in [-0.4, -0.2) is 6.61 Å². The van der Waals surface area contributed by atoms with Crippen LogP contribution in [0.4, 0.5) is 0 Å². The SMILES string of the molecule is C#CCO[C@@H](c1ccccc1)C(C)C. The van der Waals surface area contributed by atoms with E-state index < -0.39 is 0 Å². The van der Waals surface area contributed by atoms with Gasteiger partial charge in [-0.1, -0.05) is 50.1 Å². The van der Waals surface area contributed by atoms with Gasteiger partial charge < -0.3 is 4.74 Å². The van der Waals surface area contributed by atoms with Crippen molar-refractivity contribution in [2.45, 2.75) is 20.0 Å². The molecule has 0 aliphatic rings. The molecule has 1 rings (SSSR count). The zero-order valence-electron chi connectivity index (χ0n) is 8.73. The summed E-state index contributed by atoms with van der Waals surface area (Å²) in [6, 6.07) is 10.2. The molecule has 0 aromatic heterocycles. The topological polar surface area (TPSA) is 9.23 Å². The molecule has 0 unspecified atom stereocenters. The number of ether oxygens (including phenoxy) is 1. The van der Waals surface area contributed by atoms with E-state index >= 15 is 0 Å². The summed E-state index contributed by atoms with van der Waals surface area (Å²) in [6.45, 7) is 4.64. The van der Waals surface area contributed by atoms with E-state index in [1.807, 2.05) is 18.2 Å². The van der Waals surface area contributed by atoms with Crippen LogP contribution in [-0.2, 0) is 4.74 Å². The van der Waals surface area contributed by atoms with E-state index in [1.165, 1.54) is 5.56 Å². The second-order valence-electron chi connectivity index (χ2n) is 3.59. The molecule has 74 valence electrons. The van der Waals surface area contributed by atoms with Crippen LogP contribution in [0.3, 0.4) is 0 Å². The van der Waals surface area contributed by atoms with Crippen molar-refractivity contribution >= 4 is 0 Å². The lowest BCUT2D eigenvalue weighted by Crippen LogP contribution is -2.11. The zero-order chi connectivity index (χ0) is 10.4. The van der Waals surface area contributed by atoms with Crippen LogP contribution in [0.15, 0.2) is 30.3 Å². The highest BCUT2D eigenvalue weighted by Crippen LogP contribution is 2.24. The summed E-state index contributed by atoms with van der Waals surface area (Å²) in [5.41, 5.74) is 1.19. The molecule has 0 heterocycles. The first-order chi connectivity index (χ1) is 6.75. The molecule has 0 fully saturated rings. The third kappa shape index (κ3) is 2.90. The summed E-state index contributed by atoms with van der Waals surface area (Å²) < 4.78 is 5.60. The van der Waals surface area contributed by atoms with Gasteiger partial charge in [0.2, 0.25) is 0 Å². The van der Waals surface area contributed by atoms with Crippen molar-refractivity contribution < 1.29 is 4.74 Å². The fourth-order valence-electron chi connectivity index (χ4n) is 1.45. The number of rotatable bonds is 4. The van der Waals surface area contributed by atoms with Gasteiger partial charge in [-0.05, 0) is 11.5 Å². The normalized spacial score (nSPS) is 12.4. The number of hydrogen-bond acceptors (Lipinski definition) is 1. The molecule has 0 saturated carbocycles. The van der Waals surface area contributed by atoms with Crippen molar-refractivity contribution in [1.82, 2.24) is 0 Å². The van der Waals surface area contributed by atoms with Crippen molar-refractivity contribution in [3.63, 3.8) is 0 Å². The Hall–Kier alpha value is -1.26. The first kappa shape index (κ1) is 10.8. The predicted molar refractivity (Wildman–Crippen MR) is 58.8 cm³/mol. The number of hydrogen-bond donors (Lipinski definition) is 0. The minimum absolute atomic E-state index is 0.104. The largest absolute Gasteiger partial charge is 0.361 e. The minimum Gasteiger partial charge on any atom is -0.361 e. The molecule has 0 radical (unpaired) electrons. The molecule has 1 nitrogen and oxygen atoms in total. The van der Waals surface area contributed by atoms with E-state index in [0.29, 0.717) is 12.5 Å². The summed E-state index contributed by atoms with van der Waals surface area (Å²) in [4.78, 5) is 0. The standard InChI is InChI=1S/C13H16O/c1-4-10-14-13(11(2)3)12-8-6-5-7-9-12/h1,5-9,11,13H,10H2,2-3H3/t13-/m1/s1. The lowest BCUT2D eigenvalue weighted by Gasteiger charge is -2.20. The van der Waals surface area contributed by atoms with Crippen molar-refractivity contribution in [3.05, 3.63) is 35.9 Å². The zero-order valence-corrected chi connectivity index (χ0v) is 8.73. The average molecular weight is 188 g/mol. The molecule has 1 heteroatoms. The van der Waals surface area contributed by atoms with Crippen molar-refractivity contribution in [2.75, 3.05) is 6.61 Å². The van der Waals surface area contributed by atoms with Gasteiger partial charge >= 0.3 is 0 Å². The molecule has 0 aliphatic carbocycles. The molecule has 0 N–H and O–H groups in total. The molecular formula is C13H16O. The molecule has 0 spiro atoms. The van der Waals surface area contributed by atoms with Gasteiger partial charge in [0.1, 0.15) is 6.61 Å². The average Bonchev–Trinajstić information content (AvgIpc) is 2.19. The molecule has 1 atom stereocenters. The molecule has 14 heavy (non-hydrogen) atoms. The monoisotopic (exact) mass is 188 g/mol. The molecule has 1 aromatic carbocycles. The summed E-state index contributed by atoms with van der Waals surface area (Å²) >= 11 is 0. The second kappa shape index (κ2) is 5.47. The maximum absolute atomic E-state index is 5.60. The summed E-state index contributed by atoms with van der Waals surface area (Å²) in [6.07, 6.45) is 5.28. The van der Waals surface area contributed by atoms with Gasteiger partial charge in [-0.25, -0.2) is 0 Å². The van der Waals surface area contributed by atoms with Gasteiger partial charge in [0.15, 0.2) is 0 Å². The highest BCUT2D eigenvalue weighted by atomic mass is 16.5. The van der Waals surface area contributed by atoms with Gasteiger partial charge in [0, 0.05) is 0 Å². The van der Waals surface area contributed by atoms with Crippen molar-refractivity contribution in [1.29, 1.82) is 0 Å². The summed E-state index contributed by atoms with van der Waals surface area (Å²) in [5.74, 6) is 2.94. The van der Waals surface area contributed by atoms with Crippen molar-refractivity contribution in [3.8, 4) is 12.3 Å². The fraction of sp³-hybridized carbons (Fsp3) is 0.385.